The number of pyridine rings is 1. The summed E-state index contributed by atoms with van der Waals surface area (Å²) in [6.45, 7) is 2.90. The summed E-state index contributed by atoms with van der Waals surface area (Å²) in [5, 5.41) is 0. The molecule has 0 radical (unpaired) electrons. The molecular weight excluding hydrogens is 174 g/mol. The Balaban J connectivity index is 2.15. The second-order valence-corrected chi connectivity index (χ2v) is 4.03. The van der Waals surface area contributed by atoms with Gasteiger partial charge in [0.05, 0.1) is 5.69 Å². The Morgan fingerprint density at radius 1 is 1.64 bits per heavy atom. The molecule has 0 aliphatic carbocycles. The van der Waals surface area contributed by atoms with Crippen molar-refractivity contribution in [1.29, 1.82) is 0 Å². The number of hydrogen-bond donors (Lipinski definition) is 1. The van der Waals surface area contributed by atoms with Crippen molar-refractivity contribution in [2.45, 2.75) is 18.9 Å². The first-order chi connectivity index (χ1) is 6.79. The number of rotatable bonds is 2. The number of aromatic nitrogens is 1. The van der Waals surface area contributed by atoms with Crippen LogP contribution in [0, 0.1) is 0 Å². The van der Waals surface area contributed by atoms with Crippen LogP contribution in [0.25, 0.3) is 0 Å². The van der Waals surface area contributed by atoms with E-state index in [0.29, 0.717) is 12.5 Å². The van der Waals surface area contributed by atoms with Crippen LogP contribution in [0.15, 0.2) is 18.3 Å². The van der Waals surface area contributed by atoms with Crippen molar-refractivity contribution in [3.05, 3.63) is 29.6 Å². The summed E-state index contributed by atoms with van der Waals surface area (Å²) < 4.78 is 0. The molecule has 2 heterocycles. The number of nitrogens with zero attached hydrogens (tertiary/aromatic N) is 2. The van der Waals surface area contributed by atoms with Gasteiger partial charge >= 0.3 is 0 Å². The molecule has 76 valence electrons. The summed E-state index contributed by atoms with van der Waals surface area (Å²) >= 11 is 0. The zero-order valence-electron chi connectivity index (χ0n) is 8.61. The summed E-state index contributed by atoms with van der Waals surface area (Å²) in [6, 6.07) is 4.26. The average molecular weight is 191 g/mol. The Morgan fingerprint density at radius 3 is 3.14 bits per heavy atom. The molecule has 1 aliphatic rings. The van der Waals surface area contributed by atoms with Crippen LogP contribution in [-0.2, 0) is 6.54 Å². The Morgan fingerprint density at radius 2 is 2.50 bits per heavy atom. The SMILES string of the molecule is CN1CCC(c2ccnc(CN)c2)C1. The van der Waals surface area contributed by atoms with Crippen molar-refractivity contribution in [3.63, 3.8) is 0 Å². The summed E-state index contributed by atoms with van der Waals surface area (Å²) in [5.41, 5.74) is 7.96. The van der Waals surface area contributed by atoms with Crippen LogP contribution in [-0.4, -0.2) is 30.0 Å². The van der Waals surface area contributed by atoms with Crippen LogP contribution >= 0.6 is 0 Å². The number of likely N-dealkylation sites (tertiary alicyclic amines) is 1. The van der Waals surface area contributed by atoms with Gasteiger partial charge in [-0.3, -0.25) is 4.98 Å². The van der Waals surface area contributed by atoms with Gasteiger partial charge < -0.3 is 10.6 Å². The van der Waals surface area contributed by atoms with Crippen LogP contribution < -0.4 is 5.73 Å². The Bertz CT molecular complexity index is 311. The maximum absolute atomic E-state index is 5.57. The second-order valence-electron chi connectivity index (χ2n) is 4.03. The summed E-state index contributed by atoms with van der Waals surface area (Å²) in [7, 11) is 2.17. The van der Waals surface area contributed by atoms with Crippen molar-refractivity contribution < 1.29 is 0 Å². The highest BCUT2D eigenvalue weighted by atomic mass is 15.1. The van der Waals surface area contributed by atoms with Gasteiger partial charge in [-0.15, -0.1) is 0 Å². The quantitative estimate of drug-likeness (QED) is 0.757. The third-order valence-corrected chi connectivity index (χ3v) is 2.91. The fourth-order valence-corrected chi connectivity index (χ4v) is 2.07. The lowest BCUT2D eigenvalue weighted by Gasteiger charge is -2.11. The van der Waals surface area contributed by atoms with E-state index in [4.69, 9.17) is 5.73 Å². The number of nitrogens with two attached hydrogens (primary N) is 1. The van der Waals surface area contributed by atoms with E-state index in [-0.39, 0.29) is 0 Å². The zero-order chi connectivity index (χ0) is 9.97. The van der Waals surface area contributed by atoms with Crippen molar-refractivity contribution in [2.24, 2.45) is 5.73 Å². The lowest BCUT2D eigenvalue weighted by Crippen LogP contribution is -2.13. The molecule has 0 saturated carbocycles. The Hall–Kier alpha value is -0.930. The lowest BCUT2D eigenvalue weighted by molar-refractivity contribution is 0.411. The molecule has 2 rings (SSSR count). The summed E-state index contributed by atoms with van der Waals surface area (Å²) in [4.78, 5) is 6.58. The molecule has 0 spiro atoms. The van der Waals surface area contributed by atoms with Gasteiger partial charge in [0.15, 0.2) is 0 Å². The molecule has 3 nitrogen and oxygen atoms in total. The number of likely N-dealkylation sites (N-methyl/N-ethyl adjacent to an activating group) is 1. The molecule has 1 aromatic rings. The first-order valence-electron chi connectivity index (χ1n) is 5.13. The predicted molar refractivity (Wildman–Crippen MR) is 57.0 cm³/mol. The number of hydrogen-bond acceptors (Lipinski definition) is 3. The van der Waals surface area contributed by atoms with Gasteiger partial charge in [0.2, 0.25) is 0 Å². The third kappa shape index (κ3) is 1.94. The van der Waals surface area contributed by atoms with Gasteiger partial charge in [-0.2, -0.15) is 0 Å². The van der Waals surface area contributed by atoms with Crippen LogP contribution in [0.1, 0.15) is 23.6 Å². The minimum Gasteiger partial charge on any atom is -0.325 e. The van der Waals surface area contributed by atoms with Gasteiger partial charge in [-0.25, -0.2) is 0 Å². The van der Waals surface area contributed by atoms with E-state index >= 15 is 0 Å². The zero-order valence-corrected chi connectivity index (χ0v) is 8.61. The lowest BCUT2D eigenvalue weighted by atomic mass is 9.99. The van der Waals surface area contributed by atoms with E-state index in [2.05, 4.69) is 29.1 Å². The van der Waals surface area contributed by atoms with E-state index in [0.717, 1.165) is 12.2 Å². The van der Waals surface area contributed by atoms with E-state index in [1.807, 2.05) is 6.20 Å². The van der Waals surface area contributed by atoms with Gasteiger partial charge in [0, 0.05) is 19.3 Å². The standard InChI is InChI=1S/C11H17N3/c1-14-5-3-10(8-14)9-2-4-13-11(6-9)7-12/h2,4,6,10H,3,5,7-8,12H2,1H3. The largest absolute Gasteiger partial charge is 0.325 e. The molecule has 1 aromatic heterocycles. The molecule has 0 amide bonds. The molecule has 0 aromatic carbocycles. The highest BCUT2D eigenvalue weighted by molar-refractivity contribution is 5.22. The molecular formula is C11H17N3. The molecule has 1 unspecified atom stereocenters. The molecule has 1 aliphatic heterocycles. The van der Waals surface area contributed by atoms with Crippen molar-refractivity contribution in [2.75, 3.05) is 20.1 Å². The van der Waals surface area contributed by atoms with Crippen LogP contribution in [0.2, 0.25) is 0 Å². The van der Waals surface area contributed by atoms with Crippen LogP contribution in [0.3, 0.4) is 0 Å². The molecule has 1 saturated heterocycles. The highest BCUT2D eigenvalue weighted by Crippen LogP contribution is 2.25. The molecule has 3 heteroatoms. The van der Waals surface area contributed by atoms with Gasteiger partial charge in [0.1, 0.15) is 0 Å². The van der Waals surface area contributed by atoms with Crippen molar-refractivity contribution >= 4 is 0 Å². The van der Waals surface area contributed by atoms with Gasteiger partial charge in [0.25, 0.3) is 0 Å². The Labute approximate surface area is 84.9 Å². The maximum atomic E-state index is 5.57. The highest BCUT2D eigenvalue weighted by Gasteiger charge is 2.20. The normalized spacial score (nSPS) is 22.9. The molecule has 0 bridgehead atoms. The van der Waals surface area contributed by atoms with Crippen molar-refractivity contribution in [1.82, 2.24) is 9.88 Å². The van der Waals surface area contributed by atoms with Gasteiger partial charge in [-0.1, -0.05) is 0 Å². The van der Waals surface area contributed by atoms with E-state index in [1.165, 1.54) is 18.5 Å². The van der Waals surface area contributed by atoms with Crippen LogP contribution in [0.5, 0.6) is 0 Å². The first kappa shape index (κ1) is 9.62. The summed E-state index contributed by atoms with van der Waals surface area (Å²) in [6.07, 6.45) is 3.13. The molecule has 1 fully saturated rings. The smallest absolute Gasteiger partial charge is 0.0542 e. The van der Waals surface area contributed by atoms with E-state index in [9.17, 15) is 0 Å². The molecule has 14 heavy (non-hydrogen) atoms. The minimum atomic E-state index is 0.538. The fourth-order valence-electron chi connectivity index (χ4n) is 2.07. The topological polar surface area (TPSA) is 42.2 Å². The third-order valence-electron chi connectivity index (χ3n) is 2.91. The van der Waals surface area contributed by atoms with Crippen molar-refractivity contribution in [3.8, 4) is 0 Å². The summed E-state index contributed by atoms with van der Waals surface area (Å²) in [5.74, 6) is 0.674. The molecule has 1 atom stereocenters. The van der Waals surface area contributed by atoms with E-state index < -0.39 is 0 Å². The van der Waals surface area contributed by atoms with Crippen LogP contribution in [0.4, 0.5) is 0 Å². The molecule has 2 N–H and O–H groups in total. The monoisotopic (exact) mass is 191 g/mol. The van der Waals surface area contributed by atoms with Gasteiger partial charge in [-0.05, 0) is 43.6 Å². The van der Waals surface area contributed by atoms with E-state index in [1.54, 1.807) is 0 Å². The second kappa shape index (κ2) is 4.07. The maximum Gasteiger partial charge on any atom is 0.0542 e. The minimum absolute atomic E-state index is 0.538. The first-order valence-corrected chi connectivity index (χ1v) is 5.13. The Kier molecular flexibility index (Phi) is 2.79. The fraction of sp³-hybridized carbons (Fsp3) is 0.545. The predicted octanol–water partition coefficient (Wildman–Crippen LogP) is 0.959. The average Bonchev–Trinajstić information content (AvgIpc) is 2.65.